The molecule has 0 aliphatic carbocycles. The monoisotopic (exact) mass is 209 g/mol. The van der Waals surface area contributed by atoms with Gasteiger partial charge in [-0.3, -0.25) is 0 Å². The van der Waals surface area contributed by atoms with E-state index in [4.69, 9.17) is 0 Å². The molecule has 0 unspecified atom stereocenters. The number of benzene rings is 1. The molecule has 0 radical (unpaired) electrons. The molecule has 2 heterocycles. The van der Waals surface area contributed by atoms with Gasteiger partial charge in [0.1, 0.15) is 0 Å². The smallest absolute Gasteiger partial charge is 0.0973 e. The SMILES string of the molecule is C=Cc1[nH]c2ccccc2c1-n1cccn1. The molecule has 0 spiro atoms. The van der Waals surface area contributed by atoms with Crippen LogP contribution in [0.4, 0.5) is 0 Å². The van der Waals surface area contributed by atoms with Crippen molar-refractivity contribution < 1.29 is 0 Å². The first-order valence-corrected chi connectivity index (χ1v) is 5.13. The van der Waals surface area contributed by atoms with Crippen LogP contribution in [-0.2, 0) is 0 Å². The van der Waals surface area contributed by atoms with Gasteiger partial charge in [-0.15, -0.1) is 0 Å². The largest absolute Gasteiger partial charge is 0.353 e. The van der Waals surface area contributed by atoms with Crippen LogP contribution in [0, 0.1) is 0 Å². The maximum atomic E-state index is 4.27. The second-order valence-electron chi connectivity index (χ2n) is 3.59. The fourth-order valence-corrected chi connectivity index (χ4v) is 1.94. The molecular weight excluding hydrogens is 198 g/mol. The van der Waals surface area contributed by atoms with Crippen molar-refractivity contribution in [3.8, 4) is 5.69 Å². The summed E-state index contributed by atoms with van der Waals surface area (Å²) >= 11 is 0. The highest BCUT2D eigenvalue weighted by molar-refractivity contribution is 5.92. The highest BCUT2D eigenvalue weighted by Crippen LogP contribution is 2.26. The topological polar surface area (TPSA) is 33.6 Å². The second-order valence-corrected chi connectivity index (χ2v) is 3.59. The third-order valence-corrected chi connectivity index (χ3v) is 2.64. The Bertz CT molecular complexity index is 632. The van der Waals surface area contributed by atoms with Crippen molar-refractivity contribution in [1.29, 1.82) is 0 Å². The zero-order chi connectivity index (χ0) is 11.0. The van der Waals surface area contributed by atoms with Gasteiger partial charge in [-0.05, 0) is 18.2 Å². The molecule has 0 aliphatic rings. The van der Waals surface area contributed by atoms with Crippen LogP contribution in [0.5, 0.6) is 0 Å². The lowest BCUT2D eigenvalue weighted by molar-refractivity contribution is 0.885. The zero-order valence-corrected chi connectivity index (χ0v) is 8.72. The summed E-state index contributed by atoms with van der Waals surface area (Å²) in [5.74, 6) is 0. The van der Waals surface area contributed by atoms with E-state index in [1.807, 2.05) is 35.2 Å². The summed E-state index contributed by atoms with van der Waals surface area (Å²) in [6, 6.07) is 10.1. The molecule has 3 heteroatoms. The Hall–Kier alpha value is -2.29. The van der Waals surface area contributed by atoms with E-state index in [0.717, 1.165) is 22.3 Å². The molecule has 0 atom stereocenters. The molecular formula is C13H11N3. The van der Waals surface area contributed by atoms with Crippen LogP contribution in [0.3, 0.4) is 0 Å². The molecule has 0 saturated heterocycles. The average molecular weight is 209 g/mol. The molecule has 3 aromatic rings. The number of fused-ring (bicyclic) bond motifs is 1. The number of H-pyrrole nitrogens is 1. The van der Waals surface area contributed by atoms with Gasteiger partial charge in [0.2, 0.25) is 0 Å². The van der Waals surface area contributed by atoms with Crippen molar-refractivity contribution in [2.75, 3.05) is 0 Å². The molecule has 0 amide bonds. The Kier molecular flexibility index (Phi) is 1.90. The minimum atomic E-state index is 0.991. The molecule has 3 nitrogen and oxygen atoms in total. The summed E-state index contributed by atoms with van der Waals surface area (Å²) in [6.07, 6.45) is 5.52. The van der Waals surface area contributed by atoms with Gasteiger partial charge < -0.3 is 4.98 Å². The van der Waals surface area contributed by atoms with E-state index in [2.05, 4.69) is 28.8 Å². The molecule has 2 aromatic heterocycles. The summed E-state index contributed by atoms with van der Waals surface area (Å²) < 4.78 is 1.86. The van der Waals surface area contributed by atoms with Crippen molar-refractivity contribution in [1.82, 2.24) is 14.8 Å². The first-order valence-electron chi connectivity index (χ1n) is 5.13. The van der Waals surface area contributed by atoms with Crippen molar-refractivity contribution >= 4 is 17.0 Å². The van der Waals surface area contributed by atoms with Crippen LogP contribution < -0.4 is 0 Å². The number of aromatic nitrogens is 3. The predicted molar refractivity (Wildman–Crippen MR) is 65.5 cm³/mol. The van der Waals surface area contributed by atoms with E-state index in [1.165, 1.54) is 0 Å². The molecule has 1 N–H and O–H groups in total. The lowest BCUT2D eigenvalue weighted by Gasteiger charge is -2.00. The van der Waals surface area contributed by atoms with Crippen molar-refractivity contribution in [2.45, 2.75) is 0 Å². The van der Waals surface area contributed by atoms with Crippen LogP contribution in [0.1, 0.15) is 5.69 Å². The zero-order valence-electron chi connectivity index (χ0n) is 8.72. The normalized spacial score (nSPS) is 10.8. The van der Waals surface area contributed by atoms with E-state index in [-0.39, 0.29) is 0 Å². The van der Waals surface area contributed by atoms with E-state index in [9.17, 15) is 0 Å². The van der Waals surface area contributed by atoms with E-state index >= 15 is 0 Å². The molecule has 3 rings (SSSR count). The molecule has 1 aromatic carbocycles. The Morgan fingerprint density at radius 3 is 2.88 bits per heavy atom. The van der Waals surface area contributed by atoms with Gasteiger partial charge in [0.15, 0.2) is 0 Å². The maximum Gasteiger partial charge on any atom is 0.0973 e. The first-order chi connectivity index (χ1) is 7.90. The fourth-order valence-electron chi connectivity index (χ4n) is 1.94. The van der Waals surface area contributed by atoms with Gasteiger partial charge in [0.05, 0.1) is 11.4 Å². The Labute approximate surface area is 93.0 Å². The molecule has 0 aliphatic heterocycles. The summed E-state index contributed by atoms with van der Waals surface area (Å²) in [6.45, 7) is 3.82. The van der Waals surface area contributed by atoms with Gasteiger partial charge in [-0.25, -0.2) is 4.68 Å². The Morgan fingerprint density at radius 1 is 1.25 bits per heavy atom. The summed E-state index contributed by atoms with van der Waals surface area (Å²) in [5, 5.41) is 5.42. The summed E-state index contributed by atoms with van der Waals surface area (Å²) in [4.78, 5) is 3.32. The maximum absolute atomic E-state index is 4.27. The number of rotatable bonds is 2. The van der Waals surface area contributed by atoms with Crippen LogP contribution in [0.2, 0.25) is 0 Å². The number of nitrogens with one attached hydrogen (secondary N) is 1. The number of aromatic amines is 1. The number of hydrogen-bond acceptors (Lipinski definition) is 1. The van der Waals surface area contributed by atoms with Gasteiger partial charge in [-0.2, -0.15) is 5.10 Å². The van der Waals surface area contributed by atoms with Crippen LogP contribution in [0.25, 0.3) is 22.7 Å². The lowest BCUT2D eigenvalue weighted by atomic mass is 10.2. The molecule has 78 valence electrons. The minimum Gasteiger partial charge on any atom is -0.353 e. The Balaban J connectivity index is 2.40. The quantitative estimate of drug-likeness (QED) is 0.691. The van der Waals surface area contributed by atoms with Crippen LogP contribution in [-0.4, -0.2) is 14.8 Å². The van der Waals surface area contributed by atoms with E-state index in [1.54, 1.807) is 6.20 Å². The third kappa shape index (κ3) is 1.18. The summed E-state index contributed by atoms with van der Waals surface area (Å²) in [7, 11) is 0. The van der Waals surface area contributed by atoms with Gasteiger partial charge in [-0.1, -0.05) is 24.8 Å². The standard InChI is InChI=1S/C13H11N3/c1-2-11-13(16-9-5-8-14-16)10-6-3-4-7-12(10)15-11/h2-9,15H,1H2. The van der Waals surface area contributed by atoms with Crippen molar-refractivity contribution in [2.24, 2.45) is 0 Å². The highest BCUT2D eigenvalue weighted by Gasteiger charge is 2.10. The second kappa shape index (κ2) is 3.38. The Morgan fingerprint density at radius 2 is 2.12 bits per heavy atom. The number of nitrogens with zero attached hydrogens (tertiary/aromatic N) is 2. The predicted octanol–water partition coefficient (Wildman–Crippen LogP) is 3.00. The van der Waals surface area contributed by atoms with E-state index in [0.29, 0.717) is 0 Å². The van der Waals surface area contributed by atoms with Gasteiger partial charge in [0, 0.05) is 23.3 Å². The lowest BCUT2D eigenvalue weighted by Crippen LogP contribution is -1.94. The van der Waals surface area contributed by atoms with Gasteiger partial charge in [0.25, 0.3) is 0 Å². The number of hydrogen-bond donors (Lipinski definition) is 1. The van der Waals surface area contributed by atoms with Crippen molar-refractivity contribution in [3.05, 3.63) is 55.0 Å². The van der Waals surface area contributed by atoms with Crippen molar-refractivity contribution in [3.63, 3.8) is 0 Å². The molecule has 0 bridgehead atoms. The highest BCUT2D eigenvalue weighted by atomic mass is 15.3. The van der Waals surface area contributed by atoms with Crippen LogP contribution >= 0.6 is 0 Å². The third-order valence-electron chi connectivity index (χ3n) is 2.64. The molecule has 16 heavy (non-hydrogen) atoms. The average Bonchev–Trinajstić information content (AvgIpc) is 2.94. The van der Waals surface area contributed by atoms with Gasteiger partial charge >= 0.3 is 0 Å². The first kappa shape index (κ1) is 8.97. The van der Waals surface area contributed by atoms with E-state index < -0.39 is 0 Å². The molecule has 0 saturated carbocycles. The minimum absolute atomic E-state index is 0.991. The molecule has 0 fully saturated rings. The fraction of sp³-hybridized carbons (Fsp3) is 0. The number of para-hydroxylation sites is 1. The summed E-state index contributed by atoms with van der Waals surface area (Å²) in [5.41, 5.74) is 3.14. The van der Waals surface area contributed by atoms with Crippen LogP contribution in [0.15, 0.2) is 49.3 Å².